The van der Waals surface area contributed by atoms with Gasteiger partial charge in [-0.2, -0.15) is 11.8 Å². The summed E-state index contributed by atoms with van der Waals surface area (Å²) in [7, 11) is 0. The summed E-state index contributed by atoms with van der Waals surface area (Å²) in [4.78, 5) is 4.15. The van der Waals surface area contributed by atoms with Crippen LogP contribution in [-0.4, -0.2) is 29.1 Å². The molecule has 0 aliphatic carbocycles. The lowest BCUT2D eigenvalue weighted by Gasteiger charge is -2.39. The van der Waals surface area contributed by atoms with Crippen molar-refractivity contribution in [2.75, 3.05) is 18.1 Å². The predicted molar refractivity (Wildman–Crippen MR) is 75.5 cm³/mol. The van der Waals surface area contributed by atoms with Gasteiger partial charge in [0.2, 0.25) is 0 Å². The lowest BCUT2D eigenvalue weighted by molar-refractivity contribution is 0.247. The zero-order valence-electron chi connectivity index (χ0n) is 10.8. The van der Waals surface area contributed by atoms with Gasteiger partial charge in [0.1, 0.15) is 0 Å². The zero-order valence-corrected chi connectivity index (χ0v) is 11.6. The van der Waals surface area contributed by atoms with Crippen LogP contribution in [0, 0.1) is 5.41 Å². The molecule has 1 atom stereocenters. The van der Waals surface area contributed by atoms with E-state index in [4.69, 9.17) is 0 Å². The van der Waals surface area contributed by atoms with Gasteiger partial charge >= 0.3 is 0 Å². The van der Waals surface area contributed by atoms with E-state index in [2.05, 4.69) is 42.0 Å². The summed E-state index contributed by atoms with van der Waals surface area (Å²) in [5.74, 6) is 2.56. The Labute approximate surface area is 109 Å². The van der Waals surface area contributed by atoms with Crippen molar-refractivity contribution in [2.24, 2.45) is 5.41 Å². The number of aromatic nitrogens is 1. The molecule has 1 fully saturated rings. The molecule has 1 aromatic rings. The van der Waals surface area contributed by atoms with Crippen LogP contribution in [0.15, 0.2) is 24.5 Å². The Morgan fingerprint density at radius 2 is 2.41 bits per heavy atom. The van der Waals surface area contributed by atoms with Crippen molar-refractivity contribution in [1.29, 1.82) is 0 Å². The van der Waals surface area contributed by atoms with Gasteiger partial charge in [0.05, 0.1) is 0 Å². The summed E-state index contributed by atoms with van der Waals surface area (Å²) in [5, 5.41) is 3.71. The monoisotopic (exact) mass is 250 g/mol. The van der Waals surface area contributed by atoms with E-state index in [1.54, 1.807) is 0 Å². The topological polar surface area (TPSA) is 24.9 Å². The molecule has 1 aromatic heterocycles. The molecule has 0 saturated carbocycles. The lowest BCUT2D eigenvalue weighted by Crippen LogP contribution is -2.47. The standard InChI is InChI=1S/C14H22N2S/c1-14(2)6-9-17-11-13(14)16-8-5-12-4-3-7-15-10-12/h3-4,7,10,13,16H,5-6,8-9,11H2,1-2H3. The first-order chi connectivity index (χ1) is 8.18. The molecule has 3 heteroatoms. The first kappa shape index (κ1) is 12.9. The Morgan fingerprint density at radius 3 is 3.12 bits per heavy atom. The van der Waals surface area contributed by atoms with Crippen molar-refractivity contribution in [2.45, 2.75) is 32.7 Å². The SMILES string of the molecule is CC1(C)CCSCC1NCCc1cccnc1. The van der Waals surface area contributed by atoms with Gasteiger partial charge in [-0.15, -0.1) is 0 Å². The molecular formula is C14H22N2S. The highest BCUT2D eigenvalue weighted by molar-refractivity contribution is 7.99. The van der Waals surface area contributed by atoms with E-state index in [9.17, 15) is 0 Å². The molecule has 0 radical (unpaired) electrons. The normalized spacial score (nSPS) is 23.5. The molecule has 0 amide bonds. The minimum Gasteiger partial charge on any atom is -0.312 e. The van der Waals surface area contributed by atoms with E-state index in [0.717, 1.165) is 13.0 Å². The van der Waals surface area contributed by atoms with Crippen molar-refractivity contribution in [3.63, 3.8) is 0 Å². The Bertz CT molecular complexity index is 337. The summed E-state index contributed by atoms with van der Waals surface area (Å²) < 4.78 is 0. The van der Waals surface area contributed by atoms with Gasteiger partial charge < -0.3 is 5.32 Å². The van der Waals surface area contributed by atoms with Crippen molar-refractivity contribution in [3.8, 4) is 0 Å². The summed E-state index contributed by atoms with van der Waals surface area (Å²) in [5.41, 5.74) is 1.77. The third-order valence-corrected chi connectivity index (χ3v) is 4.71. The molecule has 2 nitrogen and oxygen atoms in total. The maximum absolute atomic E-state index is 4.15. The van der Waals surface area contributed by atoms with Crippen LogP contribution in [-0.2, 0) is 6.42 Å². The molecule has 1 saturated heterocycles. The van der Waals surface area contributed by atoms with Crippen molar-refractivity contribution in [3.05, 3.63) is 30.1 Å². The first-order valence-electron chi connectivity index (χ1n) is 6.38. The average molecular weight is 250 g/mol. The van der Waals surface area contributed by atoms with E-state index in [-0.39, 0.29) is 0 Å². The maximum Gasteiger partial charge on any atom is 0.0300 e. The van der Waals surface area contributed by atoms with Crippen LogP contribution in [0.2, 0.25) is 0 Å². The Balaban J connectivity index is 1.78. The molecule has 94 valence electrons. The molecule has 1 aliphatic rings. The van der Waals surface area contributed by atoms with Crippen LogP contribution in [0.4, 0.5) is 0 Å². The van der Waals surface area contributed by atoms with Crippen LogP contribution in [0.1, 0.15) is 25.8 Å². The van der Waals surface area contributed by atoms with Gasteiger partial charge in [0.25, 0.3) is 0 Å². The summed E-state index contributed by atoms with van der Waals surface area (Å²) in [6, 6.07) is 4.81. The third-order valence-electron chi connectivity index (χ3n) is 3.65. The highest BCUT2D eigenvalue weighted by atomic mass is 32.2. The molecule has 1 aliphatic heterocycles. The first-order valence-corrected chi connectivity index (χ1v) is 7.54. The largest absolute Gasteiger partial charge is 0.312 e. The fourth-order valence-corrected chi connectivity index (χ4v) is 3.85. The van der Waals surface area contributed by atoms with Crippen LogP contribution >= 0.6 is 11.8 Å². The fourth-order valence-electron chi connectivity index (χ4n) is 2.21. The van der Waals surface area contributed by atoms with E-state index < -0.39 is 0 Å². The van der Waals surface area contributed by atoms with Crippen molar-refractivity contribution >= 4 is 11.8 Å². The van der Waals surface area contributed by atoms with Crippen LogP contribution < -0.4 is 5.32 Å². The van der Waals surface area contributed by atoms with Gasteiger partial charge in [-0.25, -0.2) is 0 Å². The minimum absolute atomic E-state index is 0.445. The molecular weight excluding hydrogens is 228 g/mol. The highest BCUT2D eigenvalue weighted by Crippen LogP contribution is 2.33. The molecule has 1 unspecified atom stereocenters. The Hall–Kier alpha value is -0.540. The van der Waals surface area contributed by atoms with E-state index >= 15 is 0 Å². The van der Waals surface area contributed by atoms with E-state index in [1.165, 1.54) is 23.5 Å². The van der Waals surface area contributed by atoms with Gasteiger partial charge in [0, 0.05) is 24.2 Å². The maximum atomic E-state index is 4.15. The second-order valence-electron chi connectivity index (χ2n) is 5.43. The number of hydrogen-bond acceptors (Lipinski definition) is 3. The highest BCUT2D eigenvalue weighted by Gasteiger charge is 2.31. The quantitative estimate of drug-likeness (QED) is 0.889. The number of nitrogens with zero attached hydrogens (tertiary/aromatic N) is 1. The van der Waals surface area contributed by atoms with Gasteiger partial charge in [0.15, 0.2) is 0 Å². The predicted octanol–water partition coefficient (Wildman–Crippen LogP) is 2.75. The molecule has 2 heterocycles. The molecule has 2 rings (SSSR count). The number of nitrogens with one attached hydrogen (secondary N) is 1. The molecule has 0 spiro atoms. The summed E-state index contributed by atoms with van der Waals surface area (Å²) >= 11 is 2.08. The van der Waals surface area contributed by atoms with Gasteiger partial charge in [-0.3, -0.25) is 4.98 Å². The number of rotatable bonds is 4. The second-order valence-corrected chi connectivity index (χ2v) is 6.58. The average Bonchev–Trinajstić information content (AvgIpc) is 2.32. The summed E-state index contributed by atoms with van der Waals surface area (Å²) in [6.07, 6.45) is 6.19. The number of thioether (sulfide) groups is 1. The van der Waals surface area contributed by atoms with Crippen molar-refractivity contribution < 1.29 is 0 Å². The smallest absolute Gasteiger partial charge is 0.0300 e. The van der Waals surface area contributed by atoms with Crippen LogP contribution in [0.5, 0.6) is 0 Å². The second kappa shape index (κ2) is 5.87. The van der Waals surface area contributed by atoms with E-state index in [0.29, 0.717) is 11.5 Å². The van der Waals surface area contributed by atoms with Gasteiger partial charge in [-0.1, -0.05) is 19.9 Å². The molecule has 1 N–H and O–H groups in total. The van der Waals surface area contributed by atoms with E-state index in [1.807, 2.05) is 18.5 Å². The fraction of sp³-hybridized carbons (Fsp3) is 0.643. The zero-order chi connectivity index (χ0) is 12.1. The summed E-state index contributed by atoms with van der Waals surface area (Å²) in [6.45, 7) is 5.82. The lowest BCUT2D eigenvalue weighted by atomic mass is 9.82. The molecule has 0 bridgehead atoms. The minimum atomic E-state index is 0.445. The molecule has 0 aromatic carbocycles. The van der Waals surface area contributed by atoms with Crippen molar-refractivity contribution in [1.82, 2.24) is 10.3 Å². The number of pyridine rings is 1. The van der Waals surface area contributed by atoms with Gasteiger partial charge in [-0.05, 0) is 42.2 Å². The third kappa shape index (κ3) is 3.71. The van der Waals surface area contributed by atoms with Crippen LogP contribution in [0.3, 0.4) is 0 Å². The van der Waals surface area contributed by atoms with Crippen LogP contribution in [0.25, 0.3) is 0 Å². The number of hydrogen-bond donors (Lipinski definition) is 1. The molecule has 17 heavy (non-hydrogen) atoms. The Kier molecular flexibility index (Phi) is 4.46. The Morgan fingerprint density at radius 1 is 1.53 bits per heavy atom.